The van der Waals surface area contributed by atoms with E-state index < -0.39 is 0 Å². The number of aryl methyl sites for hydroxylation is 1. The fourth-order valence-electron chi connectivity index (χ4n) is 2.50. The van der Waals surface area contributed by atoms with E-state index in [1.165, 1.54) is 18.4 Å². The fraction of sp³-hybridized carbons (Fsp3) is 0.500. The van der Waals surface area contributed by atoms with Crippen LogP contribution in [0.2, 0.25) is 0 Å². The Labute approximate surface area is 107 Å². The summed E-state index contributed by atoms with van der Waals surface area (Å²) in [5.74, 6) is 1.08. The zero-order valence-electron chi connectivity index (χ0n) is 10.7. The molecule has 4 nitrogen and oxygen atoms in total. The molecule has 4 heteroatoms. The van der Waals surface area contributed by atoms with Crippen LogP contribution in [-0.2, 0) is 18.3 Å². The summed E-state index contributed by atoms with van der Waals surface area (Å²) in [4.78, 5) is 4.64. The summed E-state index contributed by atoms with van der Waals surface area (Å²) < 4.78 is 7.74. The van der Waals surface area contributed by atoms with Gasteiger partial charge in [0.05, 0.1) is 23.7 Å². The molecule has 1 aromatic heterocycles. The summed E-state index contributed by atoms with van der Waals surface area (Å²) in [6, 6.07) is 8.23. The van der Waals surface area contributed by atoms with Crippen LogP contribution in [0, 0.1) is 0 Å². The zero-order valence-corrected chi connectivity index (χ0v) is 10.7. The highest BCUT2D eigenvalue weighted by Crippen LogP contribution is 2.14. The van der Waals surface area contributed by atoms with Crippen LogP contribution in [0.15, 0.2) is 24.3 Å². The third-order valence-electron chi connectivity index (χ3n) is 3.56. The van der Waals surface area contributed by atoms with Crippen molar-refractivity contribution >= 4 is 11.0 Å². The van der Waals surface area contributed by atoms with Crippen LogP contribution in [0.3, 0.4) is 0 Å². The van der Waals surface area contributed by atoms with Gasteiger partial charge < -0.3 is 14.6 Å². The molecule has 3 rings (SSSR count). The van der Waals surface area contributed by atoms with E-state index in [1.54, 1.807) is 0 Å². The Balaban J connectivity index is 1.65. The monoisotopic (exact) mass is 245 g/mol. The van der Waals surface area contributed by atoms with Gasteiger partial charge in [0.1, 0.15) is 5.82 Å². The van der Waals surface area contributed by atoms with Crippen molar-refractivity contribution < 1.29 is 4.74 Å². The standard InChI is InChI=1S/C14H19N3O/c1-17-13-7-3-2-6-12(13)16-14(17)10-15-9-11-5-4-8-18-11/h2-3,6-7,11,15H,4-5,8-10H2,1H3. The Kier molecular flexibility index (Phi) is 3.30. The van der Waals surface area contributed by atoms with E-state index >= 15 is 0 Å². The quantitative estimate of drug-likeness (QED) is 0.893. The third-order valence-corrected chi connectivity index (χ3v) is 3.56. The summed E-state index contributed by atoms with van der Waals surface area (Å²) in [6.45, 7) is 2.63. The molecule has 0 saturated carbocycles. The second-order valence-electron chi connectivity index (χ2n) is 4.84. The second kappa shape index (κ2) is 5.08. The van der Waals surface area contributed by atoms with E-state index in [4.69, 9.17) is 4.74 Å². The highest BCUT2D eigenvalue weighted by atomic mass is 16.5. The van der Waals surface area contributed by atoms with Crippen molar-refractivity contribution in [2.45, 2.75) is 25.5 Å². The molecule has 0 radical (unpaired) electrons. The lowest BCUT2D eigenvalue weighted by Gasteiger charge is -2.10. The molecule has 1 N–H and O–H groups in total. The largest absolute Gasteiger partial charge is 0.377 e. The van der Waals surface area contributed by atoms with Crippen LogP contribution in [0.1, 0.15) is 18.7 Å². The molecule has 1 atom stereocenters. The number of para-hydroxylation sites is 2. The Hall–Kier alpha value is -1.39. The van der Waals surface area contributed by atoms with Gasteiger partial charge in [0.25, 0.3) is 0 Å². The van der Waals surface area contributed by atoms with E-state index in [-0.39, 0.29) is 0 Å². The lowest BCUT2D eigenvalue weighted by molar-refractivity contribution is 0.109. The van der Waals surface area contributed by atoms with Gasteiger partial charge in [-0.3, -0.25) is 0 Å². The minimum Gasteiger partial charge on any atom is -0.377 e. The Morgan fingerprint density at radius 2 is 2.33 bits per heavy atom. The SMILES string of the molecule is Cn1c(CNCC2CCCO2)nc2ccccc21. The molecule has 0 aliphatic carbocycles. The maximum absolute atomic E-state index is 5.59. The molecule has 2 aromatic rings. The highest BCUT2D eigenvalue weighted by molar-refractivity contribution is 5.75. The molecular weight excluding hydrogens is 226 g/mol. The number of hydrogen-bond donors (Lipinski definition) is 1. The molecule has 1 saturated heterocycles. The first-order valence-electron chi connectivity index (χ1n) is 6.57. The molecule has 1 aliphatic rings. The number of aromatic nitrogens is 2. The van der Waals surface area contributed by atoms with E-state index in [0.717, 1.165) is 31.0 Å². The Morgan fingerprint density at radius 3 is 3.11 bits per heavy atom. The molecule has 0 spiro atoms. The maximum atomic E-state index is 5.59. The van der Waals surface area contributed by atoms with Crippen LogP contribution in [0.25, 0.3) is 11.0 Å². The lowest BCUT2D eigenvalue weighted by atomic mass is 10.2. The first-order chi connectivity index (χ1) is 8.84. The predicted octanol–water partition coefficient (Wildman–Crippen LogP) is 1.84. The van der Waals surface area contributed by atoms with Crippen molar-refractivity contribution in [3.05, 3.63) is 30.1 Å². The van der Waals surface area contributed by atoms with Crippen LogP contribution in [-0.4, -0.2) is 28.8 Å². The minimum atomic E-state index is 0.389. The van der Waals surface area contributed by atoms with Crippen molar-refractivity contribution in [3.8, 4) is 0 Å². The van der Waals surface area contributed by atoms with Gasteiger partial charge >= 0.3 is 0 Å². The summed E-state index contributed by atoms with van der Waals surface area (Å²) in [5.41, 5.74) is 2.25. The second-order valence-corrected chi connectivity index (χ2v) is 4.84. The van der Waals surface area contributed by atoms with Crippen molar-refractivity contribution in [1.29, 1.82) is 0 Å². The first kappa shape index (κ1) is 11.7. The van der Waals surface area contributed by atoms with Crippen LogP contribution >= 0.6 is 0 Å². The molecule has 96 valence electrons. The van der Waals surface area contributed by atoms with Gasteiger partial charge in [0.2, 0.25) is 0 Å². The summed E-state index contributed by atoms with van der Waals surface area (Å²) in [7, 11) is 2.07. The molecule has 1 aliphatic heterocycles. The molecule has 18 heavy (non-hydrogen) atoms. The van der Waals surface area contributed by atoms with Gasteiger partial charge in [-0.25, -0.2) is 4.98 Å². The van der Waals surface area contributed by atoms with E-state index in [2.05, 4.69) is 34.0 Å². The van der Waals surface area contributed by atoms with Crippen molar-refractivity contribution in [2.24, 2.45) is 7.05 Å². The van der Waals surface area contributed by atoms with Crippen molar-refractivity contribution in [3.63, 3.8) is 0 Å². The normalized spacial score (nSPS) is 19.7. The number of ether oxygens (including phenoxy) is 1. The predicted molar refractivity (Wildman–Crippen MR) is 71.4 cm³/mol. The highest BCUT2D eigenvalue weighted by Gasteiger charge is 2.15. The van der Waals surface area contributed by atoms with Crippen molar-refractivity contribution in [1.82, 2.24) is 14.9 Å². The van der Waals surface area contributed by atoms with Crippen molar-refractivity contribution in [2.75, 3.05) is 13.2 Å². The Bertz CT molecular complexity index is 529. The molecule has 1 unspecified atom stereocenters. The third kappa shape index (κ3) is 2.26. The smallest absolute Gasteiger partial charge is 0.123 e. The van der Waals surface area contributed by atoms with Gasteiger partial charge in [-0.05, 0) is 25.0 Å². The van der Waals surface area contributed by atoms with Gasteiger partial charge in [-0.2, -0.15) is 0 Å². The van der Waals surface area contributed by atoms with Gasteiger partial charge in [-0.15, -0.1) is 0 Å². The average Bonchev–Trinajstić information content (AvgIpc) is 3.00. The number of benzene rings is 1. The molecule has 0 amide bonds. The van der Waals surface area contributed by atoms with Gasteiger partial charge in [-0.1, -0.05) is 12.1 Å². The first-order valence-corrected chi connectivity index (χ1v) is 6.57. The average molecular weight is 245 g/mol. The minimum absolute atomic E-state index is 0.389. The zero-order chi connectivity index (χ0) is 12.4. The fourth-order valence-corrected chi connectivity index (χ4v) is 2.50. The number of rotatable bonds is 4. The van der Waals surface area contributed by atoms with E-state index in [1.807, 2.05) is 12.1 Å². The van der Waals surface area contributed by atoms with Gasteiger partial charge in [0, 0.05) is 20.2 Å². The molecular formula is C14H19N3O. The van der Waals surface area contributed by atoms with Crippen LogP contribution < -0.4 is 5.32 Å². The maximum Gasteiger partial charge on any atom is 0.123 e. The number of hydrogen-bond acceptors (Lipinski definition) is 3. The molecule has 1 fully saturated rings. The summed E-state index contributed by atoms with van der Waals surface area (Å²) in [5, 5.41) is 3.44. The lowest BCUT2D eigenvalue weighted by Crippen LogP contribution is -2.26. The number of nitrogens with zero attached hydrogens (tertiary/aromatic N) is 2. The van der Waals surface area contributed by atoms with Crippen LogP contribution in [0.5, 0.6) is 0 Å². The molecule has 2 heterocycles. The topological polar surface area (TPSA) is 39.1 Å². The molecule has 1 aromatic carbocycles. The van der Waals surface area contributed by atoms with E-state index in [0.29, 0.717) is 6.10 Å². The van der Waals surface area contributed by atoms with Crippen LogP contribution in [0.4, 0.5) is 0 Å². The number of fused-ring (bicyclic) bond motifs is 1. The summed E-state index contributed by atoms with van der Waals surface area (Å²) in [6.07, 6.45) is 2.76. The van der Waals surface area contributed by atoms with E-state index in [9.17, 15) is 0 Å². The number of nitrogens with one attached hydrogen (secondary N) is 1. The summed E-state index contributed by atoms with van der Waals surface area (Å²) >= 11 is 0. The molecule has 0 bridgehead atoms. The van der Waals surface area contributed by atoms with Gasteiger partial charge in [0.15, 0.2) is 0 Å². The number of imidazole rings is 1. The Morgan fingerprint density at radius 1 is 1.44 bits per heavy atom.